The van der Waals surface area contributed by atoms with Gasteiger partial charge < -0.3 is 10.6 Å². The highest BCUT2D eigenvalue weighted by Crippen LogP contribution is 2.33. The standard InChI is InChI=1S/C21H24N6/c22-20-24-19(27-18-8-4-3-7-17(18)23-21(27)25-20)15-9-11-16(12-10-15)26-13-5-1-2-6-14-26/h3-4,7-12,19H,1-2,5-6,13-14H2,(H3,22,23,24,25). The van der Waals surface area contributed by atoms with E-state index in [2.05, 4.69) is 55.1 Å². The summed E-state index contributed by atoms with van der Waals surface area (Å²) in [6.45, 7) is 2.29. The molecule has 3 heterocycles. The van der Waals surface area contributed by atoms with E-state index in [1.165, 1.54) is 31.4 Å². The van der Waals surface area contributed by atoms with E-state index < -0.39 is 0 Å². The Hall–Kier alpha value is -3.02. The Balaban J connectivity index is 1.51. The summed E-state index contributed by atoms with van der Waals surface area (Å²) in [5, 5.41) is 3.09. The highest BCUT2D eigenvalue weighted by Gasteiger charge is 2.25. The van der Waals surface area contributed by atoms with Gasteiger partial charge in [-0.3, -0.25) is 9.88 Å². The molecule has 1 unspecified atom stereocenters. The van der Waals surface area contributed by atoms with Crippen molar-refractivity contribution in [3.8, 4) is 0 Å². The Bertz CT molecular complexity index is 980. The first-order valence-electron chi connectivity index (χ1n) is 9.72. The highest BCUT2D eigenvalue weighted by atomic mass is 15.4. The number of benzene rings is 2. The molecule has 2 aliphatic rings. The van der Waals surface area contributed by atoms with Crippen LogP contribution in [0.15, 0.2) is 53.5 Å². The third kappa shape index (κ3) is 2.91. The van der Waals surface area contributed by atoms with Crippen molar-refractivity contribution in [2.75, 3.05) is 23.3 Å². The number of aliphatic imine (C=N–C) groups is 1. The van der Waals surface area contributed by atoms with Crippen LogP contribution in [0.4, 0.5) is 11.6 Å². The zero-order chi connectivity index (χ0) is 18.2. The Kier molecular flexibility index (Phi) is 3.96. The van der Waals surface area contributed by atoms with Crippen molar-refractivity contribution in [2.24, 2.45) is 10.7 Å². The van der Waals surface area contributed by atoms with Gasteiger partial charge in [0.15, 0.2) is 12.1 Å². The number of rotatable bonds is 2. The van der Waals surface area contributed by atoms with E-state index in [4.69, 9.17) is 5.73 Å². The van der Waals surface area contributed by atoms with Gasteiger partial charge >= 0.3 is 0 Å². The number of fused-ring (bicyclic) bond motifs is 3. The highest BCUT2D eigenvalue weighted by molar-refractivity contribution is 5.94. The predicted octanol–water partition coefficient (Wildman–Crippen LogP) is 3.70. The fraction of sp³-hybridized carbons (Fsp3) is 0.333. The Morgan fingerprint density at radius 2 is 1.67 bits per heavy atom. The van der Waals surface area contributed by atoms with E-state index in [-0.39, 0.29) is 6.17 Å². The summed E-state index contributed by atoms with van der Waals surface area (Å²) in [6, 6.07) is 16.9. The zero-order valence-corrected chi connectivity index (χ0v) is 15.3. The monoisotopic (exact) mass is 360 g/mol. The number of nitrogens with one attached hydrogen (secondary N) is 1. The van der Waals surface area contributed by atoms with Gasteiger partial charge in [-0.15, -0.1) is 0 Å². The molecule has 0 spiro atoms. The van der Waals surface area contributed by atoms with Crippen molar-refractivity contribution in [1.29, 1.82) is 0 Å². The predicted molar refractivity (Wildman–Crippen MR) is 110 cm³/mol. The van der Waals surface area contributed by atoms with Crippen molar-refractivity contribution in [3.63, 3.8) is 0 Å². The second-order valence-corrected chi connectivity index (χ2v) is 7.30. The second kappa shape index (κ2) is 6.61. The molecule has 6 heteroatoms. The smallest absolute Gasteiger partial charge is 0.212 e. The maximum absolute atomic E-state index is 6.04. The minimum absolute atomic E-state index is 0.202. The number of hydrogen-bond acceptors (Lipinski definition) is 5. The van der Waals surface area contributed by atoms with Gasteiger partial charge in [-0.2, -0.15) is 0 Å². The number of imidazole rings is 1. The van der Waals surface area contributed by atoms with Crippen LogP contribution >= 0.6 is 0 Å². The number of nitrogens with zero attached hydrogens (tertiary/aromatic N) is 4. The summed E-state index contributed by atoms with van der Waals surface area (Å²) in [7, 11) is 0. The quantitative estimate of drug-likeness (QED) is 0.731. The van der Waals surface area contributed by atoms with Crippen molar-refractivity contribution in [1.82, 2.24) is 9.55 Å². The van der Waals surface area contributed by atoms with Crippen LogP contribution in [0.25, 0.3) is 11.0 Å². The third-order valence-corrected chi connectivity index (χ3v) is 5.50. The lowest BCUT2D eigenvalue weighted by Crippen LogP contribution is -2.31. The van der Waals surface area contributed by atoms with Crippen molar-refractivity contribution in [2.45, 2.75) is 31.8 Å². The van der Waals surface area contributed by atoms with Crippen LogP contribution < -0.4 is 16.0 Å². The van der Waals surface area contributed by atoms with E-state index in [0.29, 0.717) is 5.96 Å². The SMILES string of the molecule is NC1=NC(c2ccc(N3CCCCCC3)cc2)n2c(nc3ccccc32)N1. The Labute approximate surface area is 158 Å². The molecule has 6 nitrogen and oxygen atoms in total. The maximum atomic E-state index is 6.04. The molecule has 1 saturated heterocycles. The molecular weight excluding hydrogens is 336 g/mol. The summed E-state index contributed by atoms with van der Waals surface area (Å²) in [6.07, 6.45) is 5.04. The summed E-state index contributed by atoms with van der Waals surface area (Å²) < 4.78 is 2.12. The third-order valence-electron chi connectivity index (χ3n) is 5.50. The van der Waals surface area contributed by atoms with Crippen LogP contribution in [-0.2, 0) is 0 Å². The summed E-state index contributed by atoms with van der Waals surface area (Å²) >= 11 is 0. The van der Waals surface area contributed by atoms with E-state index in [1.54, 1.807) is 0 Å². The van der Waals surface area contributed by atoms with E-state index in [0.717, 1.165) is 35.6 Å². The fourth-order valence-electron chi connectivity index (χ4n) is 4.13. The second-order valence-electron chi connectivity index (χ2n) is 7.30. The van der Waals surface area contributed by atoms with Gasteiger partial charge in [-0.05, 0) is 42.7 Å². The van der Waals surface area contributed by atoms with Crippen LogP contribution in [0, 0.1) is 0 Å². The van der Waals surface area contributed by atoms with Gasteiger partial charge in [0.05, 0.1) is 11.0 Å². The number of nitrogens with two attached hydrogens (primary N) is 1. The molecule has 1 fully saturated rings. The molecule has 0 aliphatic carbocycles. The van der Waals surface area contributed by atoms with E-state index >= 15 is 0 Å². The summed E-state index contributed by atoms with van der Waals surface area (Å²) in [5.74, 6) is 1.14. The van der Waals surface area contributed by atoms with Crippen LogP contribution in [0.3, 0.4) is 0 Å². The zero-order valence-electron chi connectivity index (χ0n) is 15.3. The van der Waals surface area contributed by atoms with Crippen LogP contribution in [0.1, 0.15) is 37.4 Å². The Morgan fingerprint density at radius 3 is 2.44 bits per heavy atom. The lowest BCUT2D eigenvalue weighted by Gasteiger charge is -2.26. The van der Waals surface area contributed by atoms with Gasteiger partial charge in [0.2, 0.25) is 5.95 Å². The van der Waals surface area contributed by atoms with Gasteiger partial charge in [0.25, 0.3) is 0 Å². The topological polar surface area (TPSA) is 71.5 Å². The molecule has 0 radical (unpaired) electrons. The number of para-hydroxylation sites is 2. The normalized spacial score (nSPS) is 19.9. The molecule has 2 aliphatic heterocycles. The first-order chi connectivity index (χ1) is 13.3. The van der Waals surface area contributed by atoms with Crippen LogP contribution in [-0.4, -0.2) is 28.6 Å². The molecule has 3 N–H and O–H groups in total. The molecule has 5 rings (SSSR count). The average Bonchev–Trinajstić information content (AvgIpc) is 2.87. The first kappa shape index (κ1) is 16.2. The van der Waals surface area contributed by atoms with Gasteiger partial charge in [0.1, 0.15) is 0 Å². The van der Waals surface area contributed by atoms with Crippen LogP contribution in [0.2, 0.25) is 0 Å². The minimum Gasteiger partial charge on any atom is -0.372 e. The minimum atomic E-state index is -0.202. The lowest BCUT2D eigenvalue weighted by atomic mass is 10.1. The largest absolute Gasteiger partial charge is 0.372 e. The molecule has 1 atom stereocenters. The summed E-state index contributed by atoms with van der Waals surface area (Å²) in [5.41, 5.74) is 10.4. The van der Waals surface area contributed by atoms with Crippen LogP contribution in [0.5, 0.6) is 0 Å². The first-order valence-corrected chi connectivity index (χ1v) is 9.72. The van der Waals surface area contributed by atoms with Gasteiger partial charge in [-0.25, -0.2) is 9.98 Å². The molecule has 3 aromatic rings. The molecule has 1 aromatic heterocycles. The molecule has 138 valence electrons. The van der Waals surface area contributed by atoms with E-state index in [9.17, 15) is 0 Å². The molecule has 0 bridgehead atoms. The number of guanidine groups is 1. The van der Waals surface area contributed by atoms with Gasteiger partial charge in [0, 0.05) is 18.8 Å². The van der Waals surface area contributed by atoms with E-state index in [1.807, 2.05) is 18.2 Å². The fourth-order valence-corrected chi connectivity index (χ4v) is 4.13. The van der Waals surface area contributed by atoms with Crippen molar-refractivity contribution in [3.05, 3.63) is 54.1 Å². The average molecular weight is 360 g/mol. The number of hydrogen-bond donors (Lipinski definition) is 2. The molecule has 0 saturated carbocycles. The Morgan fingerprint density at radius 1 is 0.926 bits per heavy atom. The van der Waals surface area contributed by atoms with Crippen molar-refractivity contribution < 1.29 is 0 Å². The summed E-state index contributed by atoms with van der Waals surface area (Å²) in [4.78, 5) is 11.8. The van der Waals surface area contributed by atoms with Gasteiger partial charge in [-0.1, -0.05) is 37.1 Å². The van der Waals surface area contributed by atoms with Crippen molar-refractivity contribution >= 4 is 28.6 Å². The molecule has 27 heavy (non-hydrogen) atoms. The number of aromatic nitrogens is 2. The lowest BCUT2D eigenvalue weighted by molar-refractivity contribution is 0.626. The number of anilines is 2. The maximum Gasteiger partial charge on any atom is 0.212 e. The molecule has 2 aromatic carbocycles. The molecular formula is C21H24N6. The molecule has 0 amide bonds.